The highest BCUT2D eigenvalue weighted by Gasteiger charge is 2.23. The van der Waals surface area contributed by atoms with E-state index in [1.165, 1.54) is 19.1 Å². The number of carbonyl (C=O) groups is 1. The summed E-state index contributed by atoms with van der Waals surface area (Å²) in [7, 11) is -3.73. The van der Waals surface area contributed by atoms with Gasteiger partial charge in [0.05, 0.1) is 17.0 Å². The molecule has 0 aromatic heterocycles. The third kappa shape index (κ3) is 4.66. The fourth-order valence-corrected chi connectivity index (χ4v) is 3.44. The second-order valence-electron chi connectivity index (χ2n) is 5.80. The van der Waals surface area contributed by atoms with Gasteiger partial charge in [-0.1, -0.05) is 48.0 Å². The number of hydrogen-bond donors (Lipinski definition) is 2. The standard InChI is InChI=1S/C18H22N2O3S/c1-13-9-11-17(12-10-13)24(22,23)20-15(3)18(21)19-14(2)16-7-5-4-6-8-16/h4-12,14-15,20H,1-3H3,(H,19,21)/t14-,15-/m1/s1. The van der Waals surface area contributed by atoms with Crippen LogP contribution < -0.4 is 10.0 Å². The van der Waals surface area contributed by atoms with Gasteiger partial charge in [0.15, 0.2) is 0 Å². The Kier molecular flexibility index (Phi) is 5.75. The maximum Gasteiger partial charge on any atom is 0.241 e. The highest BCUT2D eigenvalue weighted by atomic mass is 32.2. The number of benzene rings is 2. The van der Waals surface area contributed by atoms with Crippen LogP contribution in [0.3, 0.4) is 0 Å². The van der Waals surface area contributed by atoms with Gasteiger partial charge in [-0.05, 0) is 38.5 Å². The summed E-state index contributed by atoms with van der Waals surface area (Å²) in [5.74, 6) is -0.373. The molecule has 2 atom stereocenters. The summed E-state index contributed by atoms with van der Waals surface area (Å²) in [5, 5.41) is 2.81. The van der Waals surface area contributed by atoms with Gasteiger partial charge in [0.2, 0.25) is 15.9 Å². The molecule has 0 aliphatic rings. The van der Waals surface area contributed by atoms with Crippen LogP contribution in [0.2, 0.25) is 0 Å². The Bertz CT molecular complexity index is 787. The van der Waals surface area contributed by atoms with E-state index in [0.29, 0.717) is 0 Å². The lowest BCUT2D eigenvalue weighted by Crippen LogP contribution is -2.45. The molecule has 0 radical (unpaired) electrons. The molecule has 2 aromatic carbocycles. The van der Waals surface area contributed by atoms with Crippen LogP contribution in [0.1, 0.15) is 31.0 Å². The predicted octanol–water partition coefficient (Wildman–Crippen LogP) is 2.54. The number of rotatable bonds is 6. The van der Waals surface area contributed by atoms with Crippen molar-refractivity contribution in [3.8, 4) is 0 Å². The van der Waals surface area contributed by atoms with Gasteiger partial charge in [-0.3, -0.25) is 4.79 Å². The first-order valence-corrected chi connectivity index (χ1v) is 9.22. The highest BCUT2D eigenvalue weighted by Crippen LogP contribution is 2.13. The number of hydrogen-bond acceptors (Lipinski definition) is 3. The minimum Gasteiger partial charge on any atom is -0.348 e. The lowest BCUT2D eigenvalue weighted by molar-refractivity contribution is -0.123. The molecule has 128 valence electrons. The first-order valence-electron chi connectivity index (χ1n) is 7.74. The zero-order valence-corrected chi connectivity index (χ0v) is 14.8. The van der Waals surface area contributed by atoms with Gasteiger partial charge in [0, 0.05) is 0 Å². The quantitative estimate of drug-likeness (QED) is 0.844. The average Bonchev–Trinajstić information content (AvgIpc) is 2.55. The molecule has 0 saturated heterocycles. The largest absolute Gasteiger partial charge is 0.348 e. The van der Waals surface area contributed by atoms with Crippen molar-refractivity contribution in [1.29, 1.82) is 0 Å². The molecule has 0 spiro atoms. The second kappa shape index (κ2) is 7.59. The van der Waals surface area contributed by atoms with Gasteiger partial charge in [-0.25, -0.2) is 8.42 Å². The molecule has 1 amide bonds. The van der Waals surface area contributed by atoms with Crippen molar-refractivity contribution < 1.29 is 13.2 Å². The Labute approximate surface area is 143 Å². The predicted molar refractivity (Wildman–Crippen MR) is 94.0 cm³/mol. The molecular formula is C18H22N2O3S. The van der Waals surface area contributed by atoms with Crippen LogP contribution in [-0.2, 0) is 14.8 Å². The van der Waals surface area contributed by atoms with Crippen molar-refractivity contribution >= 4 is 15.9 Å². The normalized spacial score (nSPS) is 14.0. The zero-order chi connectivity index (χ0) is 17.7. The summed E-state index contributed by atoms with van der Waals surface area (Å²) in [6, 6.07) is 14.9. The van der Waals surface area contributed by atoms with Gasteiger partial charge in [-0.2, -0.15) is 4.72 Å². The van der Waals surface area contributed by atoms with Crippen molar-refractivity contribution in [2.24, 2.45) is 0 Å². The number of aryl methyl sites for hydroxylation is 1. The Balaban J connectivity index is 2.02. The average molecular weight is 346 g/mol. The summed E-state index contributed by atoms with van der Waals surface area (Å²) in [6.45, 7) is 5.26. The number of sulfonamides is 1. The summed E-state index contributed by atoms with van der Waals surface area (Å²) >= 11 is 0. The number of nitrogens with one attached hydrogen (secondary N) is 2. The fraction of sp³-hybridized carbons (Fsp3) is 0.278. The van der Waals surface area contributed by atoms with Crippen molar-refractivity contribution in [2.75, 3.05) is 0 Å². The summed E-state index contributed by atoms with van der Waals surface area (Å²) in [6.07, 6.45) is 0. The first kappa shape index (κ1) is 18.2. The van der Waals surface area contributed by atoms with Crippen LogP contribution in [0.25, 0.3) is 0 Å². The van der Waals surface area contributed by atoms with Gasteiger partial charge in [-0.15, -0.1) is 0 Å². The van der Waals surface area contributed by atoms with E-state index >= 15 is 0 Å². The molecule has 6 heteroatoms. The minimum absolute atomic E-state index is 0.142. The highest BCUT2D eigenvalue weighted by molar-refractivity contribution is 7.89. The van der Waals surface area contributed by atoms with Gasteiger partial charge < -0.3 is 5.32 Å². The summed E-state index contributed by atoms with van der Waals surface area (Å²) in [5.41, 5.74) is 1.93. The van der Waals surface area contributed by atoms with Crippen molar-refractivity contribution in [1.82, 2.24) is 10.0 Å². The van der Waals surface area contributed by atoms with Crippen LogP contribution in [0, 0.1) is 6.92 Å². The summed E-state index contributed by atoms with van der Waals surface area (Å²) in [4.78, 5) is 12.4. The molecule has 0 bridgehead atoms. The Morgan fingerprint density at radius 1 is 0.958 bits per heavy atom. The topological polar surface area (TPSA) is 75.3 Å². The van der Waals surface area contributed by atoms with Crippen molar-refractivity contribution in [2.45, 2.75) is 37.8 Å². The lowest BCUT2D eigenvalue weighted by atomic mass is 10.1. The molecule has 2 aromatic rings. The van der Waals surface area contributed by atoms with Gasteiger partial charge in [0.25, 0.3) is 0 Å². The van der Waals surface area contributed by atoms with Gasteiger partial charge in [0.1, 0.15) is 0 Å². The van der Waals surface area contributed by atoms with E-state index in [4.69, 9.17) is 0 Å². The Hall–Kier alpha value is -2.18. The zero-order valence-electron chi connectivity index (χ0n) is 14.0. The van der Waals surface area contributed by atoms with E-state index in [-0.39, 0.29) is 16.8 Å². The molecule has 0 aliphatic carbocycles. The van der Waals surface area contributed by atoms with E-state index in [0.717, 1.165) is 11.1 Å². The van der Waals surface area contributed by atoms with E-state index in [1.54, 1.807) is 12.1 Å². The third-order valence-corrected chi connectivity index (χ3v) is 5.27. The molecule has 24 heavy (non-hydrogen) atoms. The third-order valence-electron chi connectivity index (χ3n) is 3.71. The molecule has 5 nitrogen and oxygen atoms in total. The summed E-state index contributed by atoms with van der Waals surface area (Å²) < 4.78 is 27.1. The molecule has 2 rings (SSSR count). The minimum atomic E-state index is -3.73. The Morgan fingerprint density at radius 3 is 2.12 bits per heavy atom. The van der Waals surface area contributed by atoms with E-state index in [1.807, 2.05) is 44.2 Å². The molecule has 0 fully saturated rings. The SMILES string of the molecule is Cc1ccc(S(=O)(=O)N[C@H](C)C(=O)N[C@H](C)c2ccccc2)cc1. The maximum atomic E-state index is 12.3. The monoisotopic (exact) mass is 346 g/mol. The fourth-order valence-electron chi connectivity index (χ4n) is 2.24. The van der Waals surface area contributed by atoms with E-state index < -0.39 is 16.1 Å². The number of amides is 1. The maximum absolute atomic E-state index is 12.3. The first-order chi connectivity index (χ1) is 11.3. The second-order valence-corrected chi connectivity index (χ2v) is 7.51. The molecule has 2 N–H and O–H groups in total. The van der Waals surface area contributed by atoms with Gasteiger partial charge >= 0.3 is 0 Å². The van der Waals surface area contributed by atoms with Crippen molar-refractivity contribution in [3.63, 3.8) is 0 Å². The van der Waals surface area contributed by atoms with Crippen LogP contribution in [0.5, 0.6) is 0 Å². The number of carbonyl (C=O) groups excluding carboxylic acids is 1. The molecule has 0 saturated carbocycles. The van der Waals surface area contributed by atoms with E-state index in [9.17, 15) is 13.2 Å². The van der Waals surface area contributed by atoms with Crippen LogP contribution in [-0.4, -0.2) is 20.4 Å². The molecule has 0 heterocycles. The molecule has 0 unspecified atom stereocenters. The van der Waals surface area contributed by atoms with E-state index in [2.05, 4.69) is 10.0 Å². The molecular weight excluding hydrogens is 324 g/mol. The molecule has 0 aliphatic heterocycles. The lowest BCUT2D eigenvalue weighted by Gasteiger charge is -2.19. The Morgan fingerprint density at radius 2 is 1.54 bits per heavy atom. The smallest absolute Gasteiger partial charge is 0.241 e. The van der Waals surface area contributed by atoms with Crippen molar-refractivity contribution in [3.05, 3.63) is 65.7 Å². The van der Waals surface area contributed by atoms with Crippen LogP contribution >= 0.6 is 0 Å². The van der Waals surface area contributed by atoms with Crippen LogP contribution in [0.4, 0.5) is 0 Å². The van der Waals surface area contributed by atoms with Crippen LogP contribution in [0.15, 0.2) is 59.5 Å².